The molecule has 0 aliphatic heterocycles. The van der Waals surface area contributed by atoms with E-state index in [0.29, 0.717) is 0 Å². The molecule has 0 fully saturated rings. The van der Waals surface area contributed by atoms with Crippen LogP contribution >= 0.6 is 11.3 Å². The van der Waals surface area contributed by atoms with E-state index in [4.69, 9.17) is 4.74 Å². The SMILES string of the molecule is COc1ccc2c(c1)c1cc(C)ccc1n2-c1cc2c(s1)-c1cc3cccccc-3c1C2=O. The summed E-state index contributed by atoms with van der Waals surface area (Å²) in [6.45, 7) is 2.11. The first-order chi connectivity index (χ1) is 16.1. The standard InChI is InChI=1S/C29H19NO2S/c1-16-8-10-24-20(12-16)21-14-18(32-2)9-11-25(21)30(24)26-15-23-28(31)27-19-7-5-3-4-6-17(19)13-22(27)29(23)33-26/h3-15H,1-2H3. The topological polar surface area (TPSA) is 31.2 Å². The molecule has 3 aliphatic rings. The van der Waals surface area contributed by atoms with Crippen LogP contribution in [-0.2, 0) is 0 Å². The predicted octanol–water partition coefficient (Wildman–Crippen LogP) is 7.48. The van der Waals surface area contributed by atoms with Crippen LogP contribution in [0.4, 0.5) is 0 Å². The number of aryl methyl sites for hydroxylation is 1. The third kappa shape index (κ3) is 2.47. The number of thiophene rings is 1. The quantitative estimate of drug-likeness (QED) is 0.276. The molecule has 0 N–H and O–H groups in total. The zero-order chi connectivity index (χ0) is 22.3. The summed E-state index contributed by atoms with van der Waals surface area (Å²) < 4.78 is 7.78. The van der Waals surface area contributed by atoms with Crippen LogP contribution in [0.15, 0.2) is 78.9 Å². The van der Waals surface area contributed by atoms with Crippen molar-refractivity contribution in [1.82, 2.24) is 4.57 Å². The summed E-state index contributed by atoms with van der Waals surface area (Å²) in [6, 6.07) is 27.1. The summed E-state index contributed by atoms with van der Waals surface area (Å²) in [4.78, 5) is 14.6. The second-order valence-corrected chi connectivity index (χ2v) is 9.64. The maximum Gasteiger partial charge on any atom is 0.195 e. The number of benzene rings is 2. The average Bonchev–Trinajstić information content (AvgIpc) is 3.50. The molecule has 4 aromatic rings. The molecule has 0 amide bonds. The first-order valence-corrected chi connectivity index (χ1v) is 11.8. The zero-order valence-electron chi connectivity index (χ0n) is 18.2. The zero-order valence-corrected chi connectivity index (χ0v) is 19.0. The number of carbonyl (C=O) groups is 1. The molecule has 0 unspecified atom stereocenters. The van der Waals surface area contributed by atoms with Gasteiger partial charge in [-0.15, -0.1) is 11.3 Å². The second-order valence-electron chi connectivity index (χ2n) is 8.61. The molecule has 0 bridgehead atoms. The van der Waals surface area contributed by atoms with E-state index in [1.807, 2.05) is 30.3 Å². The van der Waals surface area contributed by atoms with Crippen molar-refractivity contribution >= 4 is 38.9 Å². The molecule has 2 aromatic heterocycles. The lowest BCUT2D eigenvalue weighted by Gasteiger charge is -2.05. The lowest BCUT2D eigenvalue weighted by Crippen LogP contribution is -1.96. The van der Waals surface area contributed by atoms with Gasteiger partial charge in [0, 0.05) is 32.3 Å². The van der Waals surface area contributed by atoms with Gasteiger partial charge < -0.3 is 9.30 Å². The van der Waals surface area contributed by atoms with Crippen molar-refractivity contribution in [3.05, 3.63) is 95.6 Å². The van der Waals surface area contributed by atoms with E-state index in [0.717, 1.165) is 59.9 Å². The number of hydrogen-bond acceptors (Lipinski definition) is 3. The van der Waals surface area contributed by atoms with Gasteiger partial charge in [-0.1, -0.05) is 42.0 Å². The number of methoxy groups -OCH3 is 1. The third-order valence-corrected chi connectivity index (χ3v) is 7.85. The Morgan fingerprint density at radius 1 is 0.788 bits per heavy atom. The van der Waals surface area contributed by atoms with Crippen molar-refractivity contribution in [3.63, 3.8) is 0 Å². The van der Waals surface area contributed by atoms with E-state index >= 15 is 0 Å². The monoisotopic (exact) mass is 445 g/mol. The fourth-order valence-electron chi connectivity index (χ4n) is 5.18. The van der Waals surface area contributed by atoms with Crippen molar-refractivity contribution < 1.29 is 9.53 Å². The van der Waals surface area contributed by atoms with Gasteiger partial charge in [0.25, 0.3) is 0 Å². The average molecular weight is 446 g/mol. The van der Waals surface area contributed by atoms with Crippen LogP contribution in [0.5, 0.6) is 5.75 Å². The summed E-state index contributed by atoms with van der Waals surface area (Å²) in [5, 5.41) is 3.40. The summed E-state index contributed by atoms with van der Waals surface area (Å²) in [5.41, 5.74) is 8.32. The van der Waals surface area contributed by atoms with Gasteiger partial charge in [0.05, 0.1) is 18.1 Å². The highest BCUT2D eigenvalue weighted by Gasteiger charge is 2.34. The Morgan fingerprint density at radius 2 is 1.58 bits per heavy atom. The van der Waals surface area contributed by atoms with Crippen molar-refractivity contribution in [3.8, 4) is 32.3 Å². The van der Waals surface area contributed by atoms with Gasteiger partial charge in [0.1, 0.15) is 10.8 Å². The van der Waals surface area contributed by atoms with Gasteiger partial charge >= 0.3 is 0 Å². The van der Waals surface area contributed by atoms with Crippen LogP contribution in [0.1, 0.15) is 21.5 Å². The lowest BCUT2D eigenvalue weighted by molar-refractivity contribution is 0.104. The van der Waals surface area contributed by atoms with Gasteiger partial charge in [-0.25, -0.2) is 0 Å². The summed E-state index contributed by atoms with van der Waals surface area (Å²) >= 11 is 1.69. The molecule has 0 saturated carbocycles. The molecule has 33 heavy (non-hydrogen) atoms. The predicted molar refractivity (Wildman–Crippen MR) is 135 cm³/mol. The van der Waals surface area contributed by atoms with Crippen LogP contribution in [0.2, 0.25) is 0 Å². The Kier molecular flexibility index (Phi) is 3.71. The molecule has 2 heterocycles. The molecule has 0 radical (unpaired) electrons. The minimum absolute atomic E-state index is 0.127. The van der Waals surface area contributed by atoms with E-state index in [9.17, 15) is 4.79 Å². The normalized spacial score (nSPS) is 12.6. The second kappa shape index (κ2) is 6.56. The highest BCUT2D eigenvalue weighted by Crippen LogP contribution is 2.50. The third-order valence-electron chi connectivity index (χ3n) is 6.69. The fraction of sp³-hybridized carbons (Fsp3) is 0.0690. The van der Waals surface area contributed by atoms with Gasteiger partial charge in [0.15, 0.2) is 5.78 Å². The molecule has 0 saturated heterocycles. The van der Waals surface area contributed by atoms with Crippen molar-refractivity contribution in [1.29, 1.82) is 0 Å². The van der Waals surface area contributed by atoms with E-state index in [1.54, 1.807) is 18.4 Å². The maximum atomic E-state index is 13.5. The Balaban J connectivity index is 1.51. The van der Waals surface area contributed by atoms with Crippen LogP contribution in [0.3, 0.4) is 0 Å². The maximum absolute atomic E-state index is 13.5. The molecular weight excluding hydrogens is 426 g/mol. The van der Waals surface area contributed by atoms with E-state index < -0.39 is 0 Å². The minimum atomic E-state index is 0.127. The molecule has 0 atom stereocenters. The molecular formula is C29H19NO2S. The highest BCUT2D eigenvalue weighted by molar-refractivity contribution is 7.18. The molecule has 3 nitrogen and oxygen atoms in total. The molecule has 7 rings (SSSR count). The Hall–Kier alpha value is -3.89. The molecule has 4 heteroatoms. The Labute approximate surface area is 194 Å². The van der Waals surface area contributed by atoms with Crippen LogP contribution in [0.25, 0.3) is 48.4 Å². The van der Waals surface area contributed by atoms with E-state index in [1.165, 1.54) is 10.9 Å². The highest BCUT2D eigenvalue weighted by atomic mass is 32.1. The smallest absolute Gasteiger partial charge is 0.195 e. The molecule has 3 aliphatic carbocycles. The van der Waals surface area contributed by atoms with Crippen LogP contribution in [0, 0.1) is 6.92 Å². The number of rotatable bonds is 2. The summed E-state index contributed by atoms with van der Waals surface area (Å²) in [7, 11) is 1.70. The van der Waals surface area contributed by atoms with E-state index in [-0.39, 0.29) is 5.78 Å². The van der Waals surface area contributed by atoms with Crippen molar-refractivity contribution in [2.24, 2.45) is 0 Å². The minimum Gasteiger partial charge on any atom is -0.497 e. The molecule has 158 valence electrons. The lowest BCUT2D eigenvalue weighted by atomic mass is 10.1. The molecule has 0 spiro atoms. The fourth-order valence-corrected chi connectivity index (χ4v) is 6.39. The van der Waals surface area contributed by atoms with Crippen LogP contribution in [-0.4, -0.2) is 17.5 Å². The number of fused-ring (bicyclic) bond motifs is 8. The van der Waals surface area contributed by atoms with Gasteiger partial charge in [0.2, 0.25) is 0 Å². The number of ether oxygens (including phenoxy) is 1. The van der Waals surface area contributed by atoms with Crippen molar-refractivity contribution in [2.75, 3.05) is 7.11 Å². The Bertz CT molecular complexity index is 1740. The Morgan fingerprint density at radius 3 is 2.42 bits per heavy atom. The first kappa shape index (κ1) is 18.7. The van der Waals surface area contributed by atoms with Gasteiger partial charge in [-0.05, 0) is 60.5 Å². The number of aromatic nitrogens is 1. The van der Waals surface area contributed by atoms with Gasteiger partial charge in [-0.2, -0.15) is 0 Å². The van der Waals surface area contributed by atoms with Gasteiger partial charge in [-0.3, -0.25) is 4.79 Å². The van der Waals surface area contributed by atoms with Crippen LogP contribution < -0.4 is 4.74 Å². The van der Waals surface area contributed by atoms with E-state index in [2.05, 4.69) is 60.0 Å². The summed E-state index contributed by atoms with van der Waals surface area (Å²) in [5.74, 6) is 0.968. The number of ketones is 1. The molecule has 2 aromatic carbocycles. The number of carbonyl (C=O) groups excluding carboxylic acids is 1. The largest absolute Gasteiger partial charge is 0.497 e. The number of nitrogens with zero attached hydrogens (tertiary/aromatic N) is 1. The van der Waals surface area contributed by atoms with Crippen molar-refractivity contribution in [2.45, 2.75) is 6.92 Å². The first-order valence-electron chi connectivity index (χ1n) is 10.9. The summed E-state index contributed by atoms with van der Waals surface area (Å²) in [6.07, 6.45) is 0. The number of hydrogen-bond donors (Lipinski definition) is 0.